The molecule has 114 valence electrons. The maximum absolute atomic E-state index is 11.3. The van der Waals surface area contributed by atoms with Gasteiger partial charge in [0, 0.05) is 25.3 Å². The van der Waals surface area contributed by atoms with Crippen LogP contribution in [0.15, 0.2) is 10.2 Å². The number of hydrazone groups is 2. The zero-order valence-corrected chi connectivity index (χ0v) is 12.5. The Morgan fingerprint density at radius 3 is 1.60 bits per heavy atom. The van der Waals surface area contributed by atoms with Gasteiger partial charge in [-0.2, -0.15) is 10.2 Å². The average Bonchev–Trinajstić information content (AvgIpc) is 2.44. The topological polar surface area (TPSA) is 82.9 Å². The van der Waals surface area contributed by atoms with Gasteiger partial charge in [0.2, 0.25) is 11.8 Å². The molecule has 20 heavy (non-hydrogen) atoms. The van der Waals surface area contributed by atoms with Gasteiger partial charge in [0.25, 0.3) is 0 Å². The minimum Gasteiger partial charge on any atom is -0.273 e. The average molecular weight is 282 g/mol. The fourth-order valence-electron chi connectivity index (χ4n) is 1.31. The molecule has 0 bridgehead atoms. The van der Waals surface area contributed by atoms with Crippen LogP contribution in [-0.4, -0.2) is 24.2 Å². The summed E-state index contributed by atoms with van der Waals surface area (Å²) in [4.78, 5) is 22.7. The predicted octanol–water partition coefficient (Wildman–Crippen LogP) is 2.35. The molecule has 0 atom stereocenters. The Bertz CT molecular complexity index is 295. The lowest BCUT2D eigenvalue weighted by atomic mass is 10.2. The molecule has 0 aromatic carbocycles. The highest BCUT2D eigenvalue weighted by Gasteiger charge is 2.02. The monoisotopic (exact) mass is 282 g/mol. The summed E-state index contributed by atoms with van der Waals surface area (Å²) < 4.78 is 0. The van der Waals surface area contributed by atoms with Crippen molar-refractivity contribution in [3.8, 4) is 0 Å². The highest BCUT2D eigenvalue weighted by atomic mass is 16.2. The first kappa shape index (κ1) is 18.3. The lowest BCUT2D eigenvalue weighted by Crippen LogP contribution is -2.18. The van der Waals surface area contributed by atoms with Crippen LogP contribution in [0, 0.1) is 0 Å². The molecule has 2 amide bonds. The third kappa shape index (κ3) is 12.7. The van der Waals surface area contributed by atoms with Crippen LogP contribution in [0.5, 0.6) is 0 Å². The number of nitrogens with one attached hydrogen (secondary N) is 2. The number of amides is 2. The number of nitrogens with zero attached hydrogens (tertiary/aromatic N) is 2. The molecule has 0 aromatic heterocycles. The zero-order valence-electron chi connectivity index (χ0n) is 12.5. The van der Waals surface area contributed by atoms with Crippen molar-refractivity contribution < 1.29 is 9.59 Å². The summed E-state index contributed by atoms with van der Waals surface area (Å²) in [6.45, 7) is 4.09. The predicted molar refractivity (Wildman–Crippen MR) is 81.6 cm³/mol. The van der Waals surface area contributed by atoms with Gasteiger partial charge < -0.3 is 0 Å². The van der Waals surface area contributed by atoms with E-state index in [-0.39, 0.29) is 11.8 Å². The van der Waals surface area contributed by atoms with Crippen molar-refractivity contribution in [2.45, 2.75) is 65.2 Å². The highest BCUT2D eigenvalue weighted by Crippen LogP contribution is 1.99. The number of unbranched alkanes of at least 4 members (excludes halogenated alkanes) is 3. The van der Waals surface area contributed by atoms with Crippen LogP contribution in [0.1, 0.15) is 65.2 Å². The summed E-state index contributed by atoms with van der Waals surface area (Å²) in [5.41, 5.74) is 4.92. The van der Waals surface area contributed by atoms with Crippen molar-refractivity contribution in [2.75, 3.05) is 0 Å². The molecule has 6 heteroatoms. The zero-order chi connectivity index (χ0) is 15.1. The number of hydrogen-bond donors (Lipinski definition) is 2. The maximum Gasteiger partial charge on any atom is 0.240 e. The van der Waals surface area contributed by atoms with Crippen molar-refractivity contribution in [1.82, 2.24) is 10.9 Å². The third-order valence-electron chi connectivity index (χ3n) is 2.45. The summed E-state index contributed by atoms with van der Waals surface area (Å²) in [7, 11) is 0. The lowest BCUT2D eigenvalue weighted by Gasteiger charge is -2.00. The highest BCUT2D eigenvalue weighted by molar-refractivity contribution is 5.77. The molecule has 6 nitrogen and oxygen atoms in total. The standard InChI is InChI=1S/C14H26N4O2/c1-3-5-11-15-17-13(19)9-7-8-10-14(20)18-16-12-6-4-2/h11-12H,3-10H2,1-2H3,(H,17,19)(H,18,20)/b15-11-,16-12-. The van der Waals surface area contributed by atoms with Gasteiger partial charge in [-0.3, -0.25) is 9.59 Å². The van der Waals surface area contributed by atoms with Crippen LogP contribution in [0.3, 0.4) is 0 Å². The first-order valence-corrected chi connectivity index (χ1v) is 7.31. The van der Waals surface area contributed by atoms with Crippen LogP contribution in [-0.2, 0) is 9.59 Å². The molecular formula is C14H26N4O2. The van der Waals surface area contributed by atoms with E-state index in [4.69, 9.17) is 0 Å². The van der Waals surface area contributed by atoms with Crippen molar-refractivity contribution in [1.29, 1.82) is 0 Å². The Labute approximate surface area is 121 Å². The number of rotatable bonds is 11. The van der Waals surface area contributed by atoms with Crippen molar-refractivity contribution in [2.24, 2.45) is 10.2 Å². The van der Waals surface area contributed by atoms with E-state index in [9.17, 15) is 9.59 Å². The molecule has 0 unspecified atom stereocenters. The molecule has 0 aliphatic heterocycles. The first-order chi connectivity index (χ1) is 9.70. The molecule has 0 spiro atoms. The summed E-state index contributed by atoms with van der Waals surface area (Å²) in [5, 5.41) is 7.62. The van der Waals surface area contributed by atoms with E-state index < -0.39 is 0 Å². The molecule has 0 aliphatic rings. The maximum atomic E-state index is 11.3. The van der Waals surface area contributed by atoms with E-state index in [0.29, 0.717) is 25.7 Å². The smallest absolute Gasteiger partial charge is 0.240 e. The Balaban J connectivity index is 3.50. The second kappa shape index (κ2) is 13.7. The van der Waals surface area contributed by atoms with E-state index in [1.165, 1.54) is 0 Å². The van der Waals surface area contributed by atoms with E-state index >= 15 is 0 Å². The van der Waals surface area contributed by atoms with Gasteiger partial charge in [-0.25, -0.2) is 10.9 Å². The number of carbonyl (C=O) groups is 2. The quantitative estimate of drug-likeness (QED) is 0.346. The van der Waals surface area contributed by atoms with E-state index in [2.05, 4.69) is 21.1 Å². The van der Waals surface area contributed by atoms with Gasteiger partial charge in [0.05, 0.1) is 0 Å². The summed E-state index contributed by atoms with van der Waals surface area (Å²) in [5.74, 6) is -0.225. The molecule has 0 aromatic rings. The molecular weight excluding hydrogens is 256 g/mol. The minimum absolute atomic E-state index is 0.112. The van der Waals surface area contributed by atoms with Crippen LogP contribution in [0.25, 0.3) is 0 Å². The van der Waals surface area contributed by atoms with E-state index in [1.807, 2.05) is 13.8 Å². The normalized spacial score (nSPS) is 11.1. The molecule has 0 heterocycles. The SMILES string of the molecule is CCC/C=N\NC(=O)CCCCC(=O)N/N=C\CCC. The fourth-order valence-corrected chi connectivity index (χ4v) is 1.31. The van der Waals surface area contributed by atoms with Gasteiger partial charge in [0.15, 0.2) is 0 Å². The van der Waals surface area contributed by atoms with E-state index in [1.54, 1.807) is 12.4 Å². The van der Waals surface area contributed by atoms with Crippen molar-refractivity contribution in [3.05, 3.63) is 0 Å². The third-order valence-corrected chi connectivity index (χ3v) is 2.45. The van der Waals surface area contributed by atoms with Crippen molar-refractivity contribution >= 4 is 24.2 Å². The largest absolute Gasteiger partial charge is 0.273 e. The number of carbonyl (C=O) groups excluding carboxylic acids is 2. The van der Waals surface area contributed by atoms with Crippen LogP contribution in [0.4, 0.5) is 0 Å². The van der Waals surface area contributed by atoms with Gasteiger partial charge in [-0.1, -0.05) is 26.7 Å². The molecule has 2 N–H and O–H groups in total. The molecule has 0 rings (SSSR count). The van der Waals surface area contributed by atoms with Gasteiger partial charge in [0.1, 0.15) is 0 Å². The Morgan fingerprint density at radius 2 is 1.25 bits per heavy atom. The molecule has 0 aliphatic carbocycles. The summed E-state index contributed by atoms with van der Waals surface area (Å²) >= 11 is 0. The van der Waals surface area contributed by atoms with Crippen molar-refractivity contribution in [3.63, 3.8) is 0 Å². The molecule has 0 radical (unpaired) electrons. The Morgan fingerprint density at radius 1 is 0.850 bits per heavy atom. The lowest BCUT2D eigenvalue weighted by molar-refractivity contribution is -0.123. The van der Waals surface area contributed by atoms with Gasteiger partial charge in [-0.15, -0.1) is 0 Å². The fraction of sp³-hybridized carbons (Fsp3) is 0.714. The Hall–Kier alpha value is -1.72. The van der Waals surface area contributed by atoms with Gasteiger partial charge >= 0.3 is 0 Å². The van der Waals surface area contributed by atoms with E-state index in [0.717, 1.165) is 25.7 Å². The minimum atomic E-state index is -0.112. The number of hydrogen-bond acceptors (Lipinski definition) is 4. The van der Waals surface area contributed by atoms with Crippen LogP contribution < -0.4 is 10.9 Å². The second-order valence-corrected chi connectivity index (χ2v) is 4.48. The van der Waals surface area contributed by atoms with Crippen LogP contribution in [0.2, 0.25) is 0 Å². The molecule has 0 fully saturated rings. The van der Waals surface area contributed by atoms with Crippen LogP contribution >= 0.6 is 0 Å². The summed E-state index contributed by atoms with van der Waals surface area (Å²) in [6.07, 6.45) is 9.23. The molecule has 0 saturated carbocycles. The molecule has 0 saturated heterocycles. The summed E-state index contributed by atoms with van der Waals surface area (Å²) in [6, 6.07) is 0. The van der Waals surface area contributed by atoms with Gasteiger partial charge in [-0.05, 0) is 25.7 Å². The second-order valence-electron chi connectivity index (χ2n) is 4.48. The Kier molecular flexibility index (Phi) is 12.5. The first-order valence-electron chi connectivity index (χ1n) is 7.31.